The molecule has 19 heavy (non-hydrogen) atoms. The first-order chi connectivity index (χ1) is 8.26. The number of nitrogens with two attached hydrogens (primary N) is 1. The highest BCUT2D eigenvalue weighted by molar-refractivity contribution is 9.10. The van der Waals surface area contributed by atoms with Gasteiger partial charge in [-0.3, -0.25) is 0 Å². The summed E-state index contributed by atoms with van der Waals surface area (Å²) < 4.78 is 27.7. The van der Waals surface area contributed by atoms with E-state index in [1.54, 1.807) is 0 Å². The van der Waals surface area contributed by atoms with Crippen molar-refractivity contribution in [3.05, 3.63) is 33.8 Å². The number of nitrogens with zero attached hydrogens (tertiary/aromatic N) is 1. The number of benzene rings is 1. The number of halogens is 4. The van der Waals surface area contributed by atoms with Gasteiger partial charge in [-0.2, -0.15) is 0 Å². The quantitative estimate of drug-likeness (QED) is 0.816. The molecule has 0 bridgehead atoms. The van der Waals surface area contributed by atoms with Gasteiger partial charge in [0.15, 0.2) is 0 Å². The Morgan fingerprint density at radius 3 is 2.42 bits per heavy atom. The molecule has 0 atom stereocenters. The van der Waals surface area contributed by atoms with E-state index >= 15 is 0 Å². The highest BCUT2D eigenvalue weighted by atomic mass is 79.9. The minimum atomic E-state index is -0.535. The van der Waals surface area contributed by atoms with Crippen molar-refractivity contribution in [2.24, 2.45) is 11.1 Å². The van der Waals surface area contributed by atoms with Crippen LogP contribution in [0.2, 0.25) is 0 Å². The second kappa shape index (κ2) is 7.53. The third kappa shape index (κ3) is 5.34. The van der Waals surface area contributed by atoms with Crippen LogP contribution in [0.5, 0.6) is 0 Å². The van der Waals surface area contributed by atoms with Crippen molar-refractivity contribution in [3.63, 3.8) is 0 Å². The zero-order valence-corrected chi connectivity index (χ0v) is 13.7. The molecular weight excluding hydrogens is 338 g/mol. The maximum atomic E-state index is 13.8. The average molecular weight is 358 g/mol. The predicted molar refractivity (Wildman–Crippen MR) is 80.5 cm³/mol. The van der Waals surface area contributed by atoms with Gasteiger partial charge < -0.3 is 10.6 Å². The molecule has 0 aromatic heterocycles. The summed E-state index contributed by atoms with van der Waals surface area (Å²) in [6.07, 6.45) is 0. The van der Waals surface area contributed by atoms with Gasteiger partial charge in [-0.15, -0.1) is 12.4 Å². The Morgan fingerprint density at radius 1 is 1.32 bits per heavy atom. The molecule has 0 amide bonds. The molecule has 110 valence electrons. The fourth-order valence-electron chi connectivity index (χ4n) is 1.84. The van der Waals surface area contributed by atoms with E-state index in [4.69, 9.17) is 5.73 Å². The first-order valence-corrected chi connectivity index (χ1v) is 6.57. The molecule has 0 saturated heterocycles. The van der Waals surface area contributed by atoms with Crippen LogP contribution in [-0.2, 0) is 6.54 Å². The molecule has 0 saturated carbocycles. The maximum Gasteiger partial charge on any atom is 0.144 e. The second-order valence-electron chi connectivity index (χ2n) is 5.36. The maximum absolute atomic E-state index is 13.8. The summed E-state index contributed by atoms with van der Waals surface area (Å²) in [6.45, 7) is 5.48. The smallest absolute Gasteiger partial charge is 0.144 e. The van der Waals surface area contributed by atoms with Crippen molar-refractivity contribution < 1.29 is 8.78 Å². The lowest BCUT2D eigenvalue weighted by atomic mass is 9.93. The van der Waals surface area contributed by atoms with Crippen molar-refractivity contribution in [2.45, 2.75) is 20.4 Å². The summed E-state index contributed by atoms with van der Waals surface area (Å²) in [5.74, 6) is -1.06. The molecule has 0 aliphatic heterocycles. The minimum Gasteiger partial charge on any atom is -0.330 e. The van der Waals surface area contributed by atoms with Crippen LogP contribution < -0.4 is 5.73 Å². The van der Waals surface area contributed by atoms with Crippen LogP contribution in [0.1, 0.15) is 19.4 Å². The molecule has 1 rings (SSSR count). The topological polar surface area (TPSA) is 29.3 Å². The van der Waals surface area contributed by atoms with Crippen LogP contribution in [0.3, 0.4) is 0 Å². The van der Waals surface area contributed by atoms with E-state index in [1.807, 2.05) is 25.8 Å². The highest BCUT2D eigenvalue weighted by Gasteiger charge is 2.20. The third-order valence-electron chi connectivity index (χ3n) is 2.82. The Bertz CT molecular complexity index is 427. The lowest BCUT2D eigenvalue weighted by Gasteiger charge is -2.29. The molecular formula is C13H20BrClF2N2. The largest absolute Gasteiger partial charge is 0.330 e. The molecule has 2 N–H and O–H groups in total. The second-order valence-corrected chi connectivity index (χ2v) is 6.22. The Balaban J connectivity index is 0.00000324. The van der Waals surface area contributed by atoms with E-state index in [0.29, 0.717) is 13.1 Å². The van der Waals surface area contributed by atoms with E-state index in [0.717, 1.165) is 0 Å². The first kappa shape index (κ1) is 18.8. The monoisotopic (exact) mass is 356 g/mol. The summed E-state index contributed by atoms with van der Waals surface area (Å²) in [6, 6.07) is 2.64. The molecule has 0 unspecified atom stereocenters. The molecule has 0 aliphatic rings. The van der Waals surface area contributed by atoms with E-state index in [2.05, 4.69) is 15.9 Å². The lowest BCUT2D eigenvalue weighted by molar-refractivity contribution is 0.206. The van der Waals surface area contributed by atoms with Crippen molar-refractivity contribution >= 4 is 28.3 Å². The molecule has 1 aromatic rings. The van der Waals surface area contributed by atoms with Gasteiger partial charge in [-0.05, 0) is 47.1 Å². The van der Waals surface area contributed by atoms with E-state index in [-0.39, 0.29) is 34.4 Å². The van der Waals surface area contributed by atoms with Gasteiger partial charge in [-0.25, -0.2) is 8.78 Å². The summed E-state index contributed by atoms with van der Waals surface area (Å²) in [5, 5.41) is 0. The standard InChI is InChI=1S/C13H19BrF2N2.ClH/c1-13(2,7-17)8-18(3)6-9-11(15)5-4-10(14)12(9)16;/h4-5H,6-8,17H2,1-3H3;1H. The van der Waals surface area contributed by atoms with Crippen LogP contribution in [0.4, 0.5) is 8.78 Å². The van der Waals surface area contributed by atoms with Gasteiger partial charge >= 0.3 is 0 Å². The van der Waals surface area contributed by atoms with E-state index < -0.39 is 11.6 Å². The third-order valence-corrected chi connectivity index (χ3v) is 3.43. The van der Waals surface area contributed by atoms with Crippen molar-refractivity contribution in [2.75, 3.05) is 20.1 Å². The fourth-order valence-corrected chi connectivity index (χ4v) is 2.21. The number of hydrogen-bond acceptors (Lipinski definition) is 2. The Labute approximate surface area is 127 Å². The van der Waals surface area contributed by atoms with E-state index in [9.17, 15) is 8.78 Å². The first-order valence-electron chi connectivity index (χ1n) is 5.78. The Morgan fingerprint density at radius 2 is 1.89 bits per heavy atom. The predicted octanol–water partition coefficient (Wildman–Crippen LogP) is 3.57. The van der Waals surface area contributed by atoms with Gasteiger partial charge in [0.2, 0.25) is 0 Å². The molecule has 0 fully saturated rings. The summed E-state index contributed by atoms with van der Waals surface area (Å²) in [7, 11) is 1.83. The van der Waals surface area contributed by atoms with Gasteiger partial charge in [-0.1, -0.05) is 13.8 Å². The zero-order chi connectivity index (χ0) is 13.9. The Kier molecular flexibility index (Phi) is 7.43. The SMILES string of the molecule is CN(Cc1c(F)ccc(Br)c1F)CC(C)(C)CN.Cl. The van der Waals surface area contributed by atoms with Crippen LogP contribution in [0.25, 0.3) is 0 Å². The summed E-state index contributed by atoms with van der Waals surface area (Å²) >= 11 is 3.07. The number of hydrogen-bond donors (Lipinski definition) is 1. The number of rotatable bonds is 5. The summed E-state index contributed by atoms with van der Waals surface area (Å²) in [5.41, 5.74) is 5.66. The van der Waals surface area contributed by atoms with E-state index in [1.165, 1.54) is 12.1 Å². The zero-order valence-electron chi connectivity index (χ0n) is 11.3. The normalized spacial score (nSPS) is 11.6. The van der Waals surface area contributed by atoms with Gasteiger partial charge in [0, 0.05) is 18.7 Å². The van der Waals surface area contributed by atoms with Crippen LogP contribution >= 0.6 is 28.3 Å². The molecule has 6 heteroatoms. The minimum absolute atomic E-state index is 0. The Hall–Kier alpha value is -0.230. The molecule has 0 radical (unpaired) electrons. The molecule has 0 heterocycles. The lowest BCUT2D eigenvalue weighted by Crippen LogP contribution is -2.36. The van der Waals surface area contributed by atoms with Crippen molar-refractivity contribution in [1.29, 1.82) is 0 Å². The summed E-state index contributed by atoms with van der Waals surface area (Å²) in [4.78, 5) is 1.88. The van der Waals surface area contributed by atoms with Crippen LogP contribution in [-0.4, -0.2) is 25.0 Å². The molecule has 0 spiro atoms. The molecule has 0 aliphatic carbocycles. The van der Waals surface area contributed by atoms with Crippen LogP contribution in [0.15, 0.2) is 16.6 Å². The highest BCUT2D eigenvalue weighted by Crippen LogP contribution is 2.23. The average Bonchev–Trinajstić information content (AvgIpc) is 2.29. The van der Waals surface area contributed by atoms with Gasteiger partial charge in [0.05, 0.1) is 4.47 Å². The van der Waals surface area contributed by atoms with Gasteiger partial charge in [0.25, 0.3) is 0 Å². The van der Waals surface area contributed by atoms with Crippen molar-refractivity contribution in [3.8, 4) is 0 Å². The van der Waals surface area contributed by atoms with Crippen molar-refractivity contribution in [1.82, 2.24) is 4.90 Å². The molecule has 2 nitrogen and oxygen atoms in total. The molecule has 1 aromatic carbocycles. The fraction of sp³-hybridized carbons (Fsp3) is 0.538. The van der Waals surface area contributed by atoms with Crippen LogP contribution in [0, 0.1) is 17.0 Å². The van der Waals surface area contributed by atoms with Gasteiger partial charge in [0.1, 0.15) is 11.6 Å².